The molecule has 0 spiro atoms. The van der Waals surface area contributed by atoms with Gasteiger partial charge < -0.3 is 9.84 Å². The third kappa shape index (κ3) is 2.68. The molecule has 0 aromatic carbocycles. The second kappa shape index (κ2) is 4.72. The fourth-order valence-corrected chi connectivity index (χ4v) is 2.63. The maximum absolute atomic E-state index is 10.8. The molecule has 70 valence electrons. The van der Waals surface area contributed by atoms with Gasteiger partial charge in [0.05, 0.1) is 7.11 Å². The quantitative estimate of drug-likeness (QED) is 0.669. The molecule has 1 fully saturated rings. The summed E-state index contributed by atoms with van der Waals surface area (Å²) in [7, 11) is 1.30. The Morgan fingerprint density at radius 3 is 3.08 bits per heavy atom. The van der Waals surface area contributed by atoms with E-state index in [-0.39, 0.29) is 0 Å². The largest absolute Gasteiger partial charge is 0.467 e. The van der Waals surface area contributed by atoms with Crippen LogP contribution < -0.4 is 0 Å². The first-order valence-electron chi connectivity index (χ1n) is 4.11. The zero-order valence-corrected chi connectivity index (χ0v) is 7.97. The van der Waals surface area contributed by atoms with Crippen LogP contribution in [-0.2, 0) is 9.53 Å². The summed E-state index contributed by atoms with van der Waals surface area (Å²) in [6, 6.07) is 0. The van der Waals surface area contributed by atoms with Gasteiger partial charge in [0, 0.05) is 5.25 Å². The van der Waals surface area contributed by atoms with Crippen molar-refractivity contribution in [3.63, 3.8) is 0 Å². The van der Waals surface area contributed by atoms with Gasteiger partial charge in [-0.1, -0.05) is 0 Å². The molecule has 4 heteroatoms. The maximum atomic E-state index is 10.8. The molecular weight excluding hydrogens is 176 g/mol. The fourth-order valence-electron chi connectivity index (χ4n) is 1.31. The second-order valence-electron chi connectivity index (χ2n) is 2.91. The molecule has 0 aliphatic carbocycles. The number of esters is 1. The van der Waals surface area contributed by atoms with E-state index in [0.29, 0.717) is 11.7 Å². The number of carbonyl (C=O) groups excluding carboxylic acids is 1. The van der Waals surface area contributed by atoms with Crippen molar-refractivity contribution in [2.24, 2.45) is 0 Å². The van der Waals surface area contributed by atoms with Gasteiger partial charge in [0.2, 0.25) is 0 Å². The predicted octanol–water partition coefficient (Wildman–Crippen LogP) is 0.806. The second-order valence-corrected chi connectivity index (χ2v) is 4.32. The zero-order valence-electron chi connectivity index (χ0n) is 7.16. The van der Waals surface area contributed by atoms with E-state index >= 15 is 0 Å². The molecular formula is C8H14O3S. The van der Waals surface area contributed by atoms with E-state index in [1.54, 1.807) is 0 Å². The monoisotopic (exact) mass is 190 g/mol. The Hall–Kier alpha value is -0.220. The van der Waals surface area contributed by atoms with E-state index in [0.717, 1.165) is 12.2 Å². The van der Waals surface area contributed by atoms with Crippen molar-refractivity contribution in [1.82, 2.24) is 0 Å². The minimum absolute atomic E-state index is 0.444. The number of aliphatic hydroxyl groups is 1. The van der Waals surface area contributed by atoms with Gasteiger partial charge in [-0.05, 0) is 25.0 Å². The van der Waals surface area contributed by atoms with Crippen LogP contribution in [0.15, 0.2) is 0 Å². The molecule has 1 saturated heterocycles. The summed E-state index contributed by atoms with van der Waals surface area (Å²) in [5, 5.41) is 9.73. The Balaban J connectivity index is 2.24. The van der Waals surface area contributed by atoms with Gasteiger partial charge in [0.15, 0.2) is 6.10 Å². The molecule has 0 radical (unpaired) electrons. The molecule has 0 aromatic rings. The van der Waals surface area contributed by atoms with E-state index in [1.807, 2.05) is 11.8 Å². The first kappa shape index (κ1) is 9.86. The topological polar surface area (TPSA) is 46.5 Å². The van der Waals surface area contributed by atoms with Gasteiger partial charge in [0.1, 0.15) is 0 Å². The molecule has 0 amide bonds. The third-order valence-electron chi connectivity index (χ3n) is 1.98. The van der Waals surface area contributed by atoms with Crippen LogP contribution in [0.1, 0.15) is 19.3 Å². The van der Waals surface area contributed by atoms with E-state index < -0.39 is 12.1 Å². The number of ether oxygens (including phenoxy) is 1. The van der Waals surface area contributed by atoms with Gasteiger partial charge in [-0.3, -0.25) is 0 Å². The Labute approximate surface area is 76.5 Å². The molecule has 2 unspecified atom stereocenters. The van der Waals surface area contributed by atoms with Crippen molar-refractivity contribution in [2.75, 3.05) is 12.9 Å². The summed E-state index contributed by atoms with van der Waals surface area (Å²) in [6.07, 6.45) is 1.92. The molecule has 0 bridgehead atoms. The number of hydrogen-bond acceptors (Lipinski definition) is 4. The Kier molecular flexibility index (Phi) is 3.88. The molecule has 1 heterocycles. The molecule has 1 aliphatic rings. The van der Waals surface area contributed by atoms with E-state index in [4.69, 9.17) is 0 Å². The van der Waals surface area contributed by atoms with Gasteiger partial charge >= 0.3 is 5.97 Å². The lowest BCUT2D eigenvalue weighted by molar-refractivity contribution is -0.150. The molecule has 12 heavy (non-hydrogen) atoms. The zero-order chi connectivity index (χ0) is 8.97. The molecule has 2 atom stereocenters. The summed E-state index contributed by atoms with van der Waals surface area (Å²) in [5.41, 5.74) is 0. The van der Waals surface area contributed by atoms with Crippen molar-refractivity contribution >= 4 is 17.7 Å². The van der Waals surface area contributed by atoms with Crippen LogP contribution in [-0.4, -0.2) is 35.3 Å². The van der Waals surface area contributed by atoms with Crippen LogP contribution in [0.4, 0.5) is 0 Å². The summed E-state index contributed by atoms with van der Waals surface area (Å²) < 4.78 is 4.42. The highest BCUT2D eigenvalue weighted by molar-refractivity contribution is 8.00. The van der Waals surface area contributed by atoms with Crippen molar-refractivity contribution in [3.8, 4) is 0 Å². The van der Waals surface area contributed by atoms with Crippen LogP contribution >= 0.6 is 11.8 Å². The highest BCUT2D eigenvalue weighted by Gasteiger charge is 2.23. The number of hydrogen-bond donors (Lipinski definition) is 1. The lowest BCUT2D eigenvalue weighted by atomic mass is 10.1. The smallest absolute Gasteiger partial charge is 0.334 e. The van der Waals surface area contributed by atoms with Gasteiger partial charge in [-0.2, -0.15) is 11.8 Å². The standard InChI is InChI=1S/C8H14O3S/c1-11-8(10)7(9)5-6-3-2-4-12-6/h6-7,9H,2-5H2,1H3. The minimum atomic E-state index is -0.925. The first-order valence-corrected chi connectivity index (χ1v) is 5.16. The average molecular weight is 190 g/mol. The molecule has 1 N–H and O–H groups in total. The summed E-state index contributed by atoms with van der Waals surface area (Å²) in [5.74, 6) is 0.640. The van der Waals surface area contributed by atoms with Crippen LogP contribution in [0.3, 0.4) is 0 Å². The Morgan fingerprint density at radius 2 is 2.58 bits per heavy atom. The average Bonchev–Trinajstić information content (AvgIpc) is 2.55. The normalized spacial score (nSPS) is 25.3. The first-order chi connectivity index (χ1) is 5.74. The molecule has 0 aromatic heterocycles. The SMILES string of the molecule is COC(=O)C(O)CC1CCCS1. The van der Waals surface area contributed by atoms with Crippen molar-refractivity contribution < 1.29 is 14.6 Å². The lowest BCUT2D eigenvalue weighted by Crippen LogP contribution is -2.24. The number of rotatable bonds is 3. The summed E-state index contributed by atoms with van der Waals surface area (Å²) in [4.78, 5) is 10.8. The van der Waals surface area contributed by atoms with Crippen molar-refractivity contribution in [2.45, 2.75) is 30.6 Å². The summed E-state index contributed by atoms with van der Waals surface area (Å²) >= 11 is 1.83. The molecule has 1 rings (SSSR count). The third-order valence-corrected chi connectivity index (χ3v) is 3.41. The van der Waals surface area contributed by atoms with Crippen LogP contribution in [0.25, 0.3) is 0 Å². The fraction of sp³-hybridized carbons (Fsp3) is 0.875. The maximum Gasteiger partial charge on any atom is 0.334 e. The Bertz CT molecular complexity index is 154. The van der Waals surface area contributed by atoms with Crippen LogP contribution in [0.5, 0.6) is 0 Å². The Morgan fingerprint density at radius 1 is 1.83 bits per heavy atom. The predicted molar refractivity (Wildman–Crippen MR) is 48.1 cm³/mol. The highest BCUT2D eigenvalue weighted by Crippen LogP contribution is 2.29. The molecule has 1 aliphatic heterocycles. The number of carbonyl (C=O) groups is 1. The van der Waals surface area contributed by atoms with Crippen LogP contribution in [0, 0.1) is 0 Å². The lowest BCUT2D eigenvalue weighted by Gasteiger charge is -2.12. The van der Waals surface area contributed by atoms with Gasteiger partial charge in [-0.15, -0.1) is 0 Å². The molecule has 3 nitrogen and oxygen atoms in total. The highest BCUT2D eigenvalue weighted by atomic mass is 32.2. The summed E-state index contributed by atoms with van der Waals surface area (Å²) in [6.45, 7) is 0. The van der Waals surface area contributed by atoms with E-state index in [9.17, 15) is 9.90 Å². The van der Waals surface area contributed by atoms with E-state index in [1.165, 1.54) is 13.5 Å². The number of aliphatic hydroxyl groups excluding tert-OH is 1. The number of thioether (sulfide) groups is 1. The van der Waals surface area contributed by atoms with Crippen molar-refractivity contribution in [3.05, 3.63) is 0 Å². The minimum Gasteiger partial charge on any atom is -0.467 e. The van der Waals surface area contributed by atoms with Crippen molar-refractivity contribution in [1.29, 1.82) is 0 Å². The van der Waals surface area contributed by atoms with E-state index in [2.05, 4.69) is 4.74 Å². The van der Waals surface area contributed by atoms with Gasteiger partial charge in [0.25, 0.3) is 0 Å². The van der Waals surface area contributed by atoms with Gasteiger partial charge in [-0.25, -0.2) is 4.79 Å². The number of methoxy groups -OCH3 is 1. The molecule has 0 saturated carbocycles. The van der Waals surface area contributed by atoms with Crippen LogP contribution in [0.2, 0.25) is 0 Å².